The van der Waals surface area contributed by atoms with Gasteiger partial charge in [-0.05, 0) is 36.8 Å². The van der Waals surface area contributed by atoms with Crippen LogP contribution in [0, 0.1) is 0 Å². The van der Waals surface area contributed by atoms with Crippen LogP contribution in [0.25, 0.3) is 0 Å². The highest BCUT2D eigenvalue weighted by atomic mass is 35.5. The zero-order chi connectivity index (χ0) is 15.2. The monoisotopic (exact) mass is 306 g/mol. The summed E-state index contributed by atoms with van der Waals surface area (Å²) in [4.78, 5) is 10.9. The number of para-hydroxylation sites is 2. The maximum Gasteiger partial charge on any atom is 0.335 e. The maximum absolute atomic E-state index is 10.9. The fraction of sp³-hybridized carbons (Fsp3) is 0.188. The first kappa shape index (κ1) is 15.2. The summed E-state index contributed by atoms with van der Waals surface area (Å²) in [5, 5.41) is 9.15. The van der Waals surface area contributed by atoms with Gasteiger partial charge in [-0.3, -0.25) is 0 Å². The van der Waals surface area contributed by atoms with Crippen molar-refractivity contribution in [3.8, 4) is 17.2 Å². The van der Waals surface area contributed by atoms with Crippen LogP contribution < -0.4 is 9.47 Å². The molecule has 1 N–H and O–H groups in total. The van der Waals surface area contributed by atoms with Gasteiger partial charge in [0.15, 0.2) is 11.5 Å². The SMILES string of the molecule is CCCOc1ccccc1Oc1ccc(C(=O)O)cc1Cl. The summed E-state index contributed by atoms with van der Waals surface area (Å²) in [6.07, 6.45) is 0.891. The van der Waals surface area contributed by atoms with Gasteiger partial charge in [0.25, 0.3) is 0 Å². The minimum Gasteiger partial charge on any atom is -0.490 e. The number of halogens is 1. The summed E-state index contributed by atoms with van der Waals surface area (Å²) in [5.41, 5.74) is 0.114. The molecule has 0 aliphatic heterocycles. The molecular weight excluding hydrogens is 292 g/mol. The van der Waals surface area contributed by atoms with Crippen LogP contribution in [0.15, 0.2) is 42.5 Å². The molecule has 5 heteroatoms. The summed E-state index contributed by atoms with van der Waals surface area (Å²) < 4.78 is 11.3. The first-order valence-corrected chi connectivity index (χ1v) is 6.92. The lowest BCUT2D eigenvalue weighted by Crippen LogP contribution is -1.98. The van der Waals surface area contributed by atoms with E-state index in [-0.39, 0.29) is 10.6 Å². The summed E-state index contributed by atoms with van der Waals surface area (Å²) >= 11 is 6.05. The highest BCUT2D eigenvalue weighted by molar-refractivity contribution is 6.32. The lowest BCUT2D eigenvalue weighted by molar-refractivity contribution is 0.0697. The molecule has 0 radical (unpaired) electrons. The molecule has 4 nitrogen and oxygen atoms in total. The summed E-state index contributed by atoms with van der Waals surface area (Å²) in [7, 11) is 0. The number of rotatable bonds is 6. The van der Waals surface area contributed by atoms with Crippen molar-refractivity contribution in [3.05, 3.63) is 53.1 Å². The van der Waals surface area contributed by atoms with Gasteiger partial charge < -0.3 is 14.6 Å². The third-order valence-electron chi connectivity index (χ3n) is 2.71. The smallest absolute Gasteiger partial charge is 0.335 e. The maximum atomic E-state index is 10.9. The van der Waals surface area contributed by atoms with Crippen LogP contribution >= 0.6 is 11.6 Å². The van der Waals surface area contributed by atoms with Crippen LogP contribution in [-0.4, -0.2) is 17.7 Å². The third-order valence-corrected chi connectivity index (χ3v) is 3.00. The zero-order valence-electron chi connectivity index (χ0n) is 11.5. The molecule has 0 fully saturated rings. The first-order valence-electron chi connectivity index (χ1n) is 6.54. The molecule has 0 amide bonds. The van der Waals surface area contributed by atoms with E-state index in [1.165, 1.54) is 18.2 Å². The molecule has 0 spiro atoms. The molecule has 110 valence electrons. The van der Waals surface area contributed by atoms with E-state index in [0.29, 0.717) is 23.9 Å². The van der Waals surface area contributed by atoms with Crippen LogP contribution in [0.3, 0.4) is 0 Å². The van der Waals surface area contributed by atoms with Gasteiger partial charge in [0.1, 0.15) is 5.75 Å². The van der Waals surface area contributed by atoms with Gasteiger partial charge in [0.05, 0.1) is 17.2 Å². The van der Waals surface area contributed by atoms with Gasteiger partial charge in [0.2, 0.25) is 0 Å². The van der Waals surface area contributed by atoms with E-state index in [2.05, 4.69) is 0 Å². The van der Waals surface area contributed by atoms with E-state index in [1.54, 1.807) is 6.07 Å². The van der Waals surface area contributed by atoms with E-state index in [9.17, 15) is 4.79 Å². The van der Waals surface area contributed by atoms with Crippen LogP contribution in [-0.2, 0) is 0 Å². The van der Waals surface area contributed by atoms with Crippen LogP contribution in [0.2, 0.25) is 5.02 Å². The Balaban J connectivity index is 2.24. The molecule has 0 atom stereocenters. The predicted octanol–water partition coefficient (Wildman–Crippen LogP) is 4.62. The topological polar surface area (TPSA) is 55.8 Å². The molecule has 2 aromatic carbocycles. The van der Waals surface area contributed by atoms with E-state index < -0.39 is 5.97 Å². The van der Waals surface area contributed by atoms with Crippen molar-refractivity contribution in [2.75, 3.05) is 6.61 Å². The van der Waals surface area contributed by atoms with Gasteiger partial charge in [-0.25, -0.2) is 4.79 Å². The Labute approximate surface area is 127 Å². The van der Waals surface area contributed by atoms with Crippen LogP contribution in [0.1, 0.15) is 23.7 Å². The fourth-order valence-corrected chi connectivity index (χ4v) is 1.92. The molecule has 0 bridgehead atoms. The third kappa shape index (κ3) is 3.89. The van der Waals surface area contributed by atoms with E-state index in [4.69, 9.17) is 26.2 Å². The van der Waals surface area contributed by atoms with Gasteiger partial charge in [-0.1, -0.05) is 30.7 Å². The van der Waals surface area contributed by atoms with E-state index in [0.717, 1.165) is 6.42 Å². The van der Waals surface area contributed by atoms with Crippen molar-refractivity contribution in [1.82, 2.24) is 0 Å². The van der Waals surface area contributed by atoms with Crippen molar-refractivity contribution in [1.29, 1.82) is 0 Å². The van der Waals surface area contributed by atoms with Gasteiger partial charge in [-0.2, -0.15) is 0 Å². The molecule has 0 unspecified atom stereocenters. The number of ether oxygens (including phenoxy) is 2. The Morgan fingerprint density at radius 3 is 2.48 bits per heavy atom. The molecule has 0 heterocycles. The number of benzene rings is 2. The number of hydrogen-bond acceptors (Lipinski definition) is 3. The normalized spacial score (nSPS) is 10.2. The van der Waals surface area contributed by atoms with Crippen LogP contribution in [0.4, 0.5) is 0 Å². The molecular formula is C16H15ClO4. The molecule has 0 aromatic heterocycles. The highest BCUT2D eigenvalue weighted by Gasteiger charge is 2.11. The molecule has 21 heavy (non-hydrogen) atoms. The van der Waals surface area contributed by atoms with Crippen molar-refractivity contribution in [2.24, 2.45) is 0 Å². The van der Waals surface area contributed by atoms with E-state index in [1.807, 2.05) is 25.1 Å². The number of aromatic carboxylic acids is 1. The Hall–Kier alpha value is -2.20. The Morgan fingerprint density at radius 1 is 1.14 bits per heavy atom. The molecule has 0 saturated heterocycles. The molecule has 0 aliphatic rings. The highest BCUT2D eigenvalue weighted by Crippen LogP contribution is 2.35. The zero-order valence-corrected chi connectivity index (χ0v) is 12.3. The minimum atomic E-state index is -1.03. The Bertz CT molecular complexity index is 640. The molecule has 0 aliphatic carbocycles. The number of hydrogen-bond donors (Lipinski definition) is 1. The second-order valence-electron chi connectivity index (χ2n) is 4.35. The first-order chi connectivity index (χ1) is 10.1. The lowest BCUT2D eigenvalue weighted by atomic mass is 10.2. The summed E-state index contributed by atoms with van der Waals surface area (Å²) in [5.74, 6) is 0.512. The standard InChI is InChI=1S/C16H15ClO4/c1-2-9-20-14-5-3-4-6-15(14)21-13-8-7-11(16(18)19)10-12(13)17/h3-8,10H,2,9H2,1H3,(H,18,19). The Kier molecular flexibility index (Phi) is 5.06. The fourth-order valence-electron chi connectivity index (χ4n) is 1.70. The number of carboxylic acids is 1. The summed E-state index contributed by atoms with van der Waals surface area (Å²) in [6, 6.07) is 11.6. The second kappa shape index (κ2) is 6.99. The largest absolute Gasteiger partial charge is 0.490 e. The predicted molar refractivity (Wildman–Crippen MR) is 80.7 cm³/mol. The average molecular weight is 307 g/mol. The lowest BCUT2D eigenvalue weighted by Gasteiger charge is -2.13. The van der Waals surface area contributed by atoms with Crippen molar-refractivity contribution in [3.63, 3.8) is 0 Å². The molecule has 0 saturated carbocycles. The van der Waals surface area contributed by atoms with Crippen molar-refractivity contribution >= 4 is 17.6 Å². The summed E-state index contributed by atoms with van der Waals surface area (Å²) in [6.45, 7) is 2.61. The van der Waals surface area contributed by atoms with Gasteiger partial charge in [-0.15, -0.1) is 0 Å². The van der Waals surface area contributed by atoms with Crippen LogP contribution in [0.5, 0.6) is 17.2 Å². The molecule has 2 rings (SSSR count). The average Bonchev–Trinajstić information content (AvgIpc) is 2.48. The quantitative estimate of drug-likeness (QED) is 0.846. The molecule has 2 aromatic rings. The van der Waals surface area contributed by atoms with E-state index >= 15 is 0 Å². The Morgan fingerprint density at radius 2 is 1.86 bits per heavy atom. The van der Waals surface area contributed by atoms with Crippen molar-refractivity contribution < 1.29 is 19.4 Å². The number of carbonyl (C=O) groups is 1. The number of carboxylic acid groups (broad SMARTS) is 1. The minimum absolute atomic E-state index is 0.114. The van der Waals surface area contributed by atoms with Crippen molar-refractivity contribution in [2.45, 2.75) is 13.3 Å². The van der Waals surface area contributed by atoms with Gasteiger partial charge >= 0.3 is 5.97 Å². The van der Waals surface area contributed by atoms with Gasteiger partial charge in [0, 0.05) is 0 Å². The second-order valence-corrected chi connectivity index (χ2v) is 4.75.